The molecule has 0 aliphatic heterocycles. The smallest absolute Gasteiger partial charge is 0.258 e. The first-order valence-corrected chi connectivity index (χ1v) is 5.48. The molecule has 0 saturated carbocycles. The monoisotopic (exact) mass is 227 g/mol. The van der Waals surface area contributed by atoms with Gasteiger partial charge in [0.1, 0.15) is 0 Å². The van der Waals surface area contributed by atoms with E-state index in [1.807, 2.05) is 49.4 Å². The molecule has 3 heteroatoms. The summed E-state index contributed by atoms with van der Waals surface area (Å²) in [6.07, 6.45) is 0. The highest BCUT2D eigenvalue weighted by molar-refractivity contribution is 5.46. The largest absolute Gasteiger partial charge is 0.273 e. The minimum Gasteiger partial charge on any atom is -0.258 e. The first kappa shape index (κ1) is 11.3. The van der Waals surface area contributed by atoms with Crippen LogP contribution in [0.15, 0.2) is 54.6 Å². The molecule has 0 aliphatic rings. The van der Waals surface area contributed by atoms with E-state index in [-0.39, 0.29) is 16.5 Å². The van der Waals surface area contributed by atoms with Crippen LogP contribution in [0.3, 0.4) is 0 Å². The summed E-state index contributed by atoms with van der Waals surface area (Å²) in [6, 6.07) is 16.7. The SMILES string of the molecule is CC(c1ccccc1)c1ccccc1[N+](=O)[O-]. The molecular formula is C14H13NO2. The second-order valence-corrected chi connectivity index (χ2v) is 3.95. The highest BCUT2D eigenvalue weighted by Gasteiger charge is 2.18. The highest BCUT2D eigenvalue weighted by atomic mass is 16.6. The van der Waals surface area contributed by atoms with Crippen LogP contribution in [0.4, 0.5) is 5.69 Å². The zero-order valence-electron chi connectivity index (χ0n) is 9.54. The van der Waals surface area contributed by atoms with Crippen LogP contribution in [0.5, 0.6) is 0 Å². The molecule has 86 valence electrons. The third kappa shape index (κ3) is 2.33. The number of nitro groups is 1. The Labute approximate surface area is 99.9 Å². The van der Waals surface area contributed by atoms with Gasteiger partial charge in [0, 0.05) is 17.5 Å². The maximum Gasteiger partial charge on any atom is 0.273 e. The van der Waals surface area contributed by atoms with Crippen LogP contribution in [-0.4, -0.2) is 4.92 Å². The molecule has 0 aliphatic carbocycles. The van der Waals surface area contributed by atoms with Crippen molar-refractivity contribution in [2.24, 2.45) is 0 Å². The van der Waals surface area contributed by atoms with Crippen molar-refractivity contribution in [1.82, 2.24) is 0 Å². The number of rotatable bonds is 3. The van der Waals surface area contributed by atoms with Gasteiger partial charge in [-0.2, -0.15) is 0 Å². The molecule has 0 bridgehead atoms. The quantitative estimate of drug-likeness (QED) is 0.592. The molecule has 0 aromatic heterocycles. The molecule has 0 amide bonds. The van der Waals surface area contributed by atoms with Crippen LogP contribution in [-0.2, 0) is 0 Å². The van der Waals surface area contributed by atoms with Gasteiger partial charge in [0.2, 0.25) is 0 Å². The third-order valence-electron chi connectivity index (χ3n) is 2.90. The Morgan fingerprint density at radius 3 is 2.24 bits per heavy atom. The lowest BCUT2D eigenvalue weighted by Gasteiger charge is -2.12. The Morgan fingerprint density at radius 2 is 1.59 bits per heavy atom. The molecule has 0 radical (unpaired) electrons. The van der Waals surface area contributed by atoms with Crippen molar-refractivity contribution in [3.05, 3.63) is 75.8 Å². The van der Waals surface area contributed by atoms with E-state index in [2.05, 4.69) is 0 Å². The lowest BCUT2D eigenvalue weighted by Crippen LogP contribution is -2.00. The topological polar surface area (TPSA) is 43.1 Å². The lowest BCUT2D eigenvalue weighted by atomic mass is 9.92. The summed E-state index contributed by atoms with van der Waals surface area (Å²) in [7, 11) is 0. The highest BCUT2D eigenvalue weighted by Crippen LogP contribution is 2.30. The fourth-order valence-corrected chi connectivity index (χ4v) is 1.94. The van der Waals surface area contributed by atoms with E-state index in [9.17, 15) is 10.1 Å². The second-order valence-electron chi connectivity index (χ2n) is 3.95. The first-order chi connectivity index (χ1) is 8.20. The van der Waals surface area contributed by atoms with Crippen LogP contribution in [0, 0.1) is 10.1 Å². The van der Waals surface area contributed by atoms with Crippen molar-refractivity contribution in [1.29, 1.82) is 0 Å². The average Bonchev–Trinajstić information content (AvgIpc) is 2.39. The van der Waals surface area contributed by atoms with Crippen molar-refractivity contribution >= 4 is 5.69 Å². The average molecular weight is 227 g/mol. The Hall–Kier alpha value is -2.16. The zero-order valence-corrected chi connectivity index (χ0v) is 9.54. The van der Waals surface area contributed by atoms with Crippen LogP contribution >= 0.6 is 0 Å². The van der Waals surface area contributed by atoms with Gasteiger partial charge < -0.3 is 0 Å². The summed E-state index contributed by atoms with van der Waals surface area (Å²) in [5.74, 6) is 0.0257. The van der Waals surface area contributed by atoms with Crippen molar-refractivity contribution < 1.29 is 4.92 Å². The molecule has 1 atom stereocenters. The van der Waals surface area contributed by atoms with Gasteiger partial charge >= 0.3 is 0 Å². The summed E-state index contributed by atoms with van der Waals surface area (Å²) in [6.45, 7) is 1.98. The maximum atomic E-state index is 11.0. The van der Waals surface area contributed by atoms with Crippen LogP contribution < -0.4 is 0 Å². The molecule has 3 nitrogen and oxygen atoms in total. The number of benzene rings is 2. The molecule has 0 saturated heterocycles. The summed E-state index contributed by atoms with van der Waals surface area (Å²) < 4.78 is 0. The zero-order chi connectivity index (χ0) is 12.3. The molecule has 0 spiro atoms. The number of para-hydroxylation sites is 1. The molecule has 0 heterocycles. The van der Waals surface area contributed by atoms with E-state index in [1.54, 1.807) is 12.1 Å². The molecule has 0 fully saturated rings. The normalized spacial score (nSPS) is 12.1. The summed E-state index contributed by atoms with van der Waals surface area (Å²) >= 11 is 0. The van der Waals surface area contributed by atoms with Crippen molar-refractivity contribution in [3.8, 4) is 0 Å². The number of nitro benzene ring substituents is 1. The second kappa shape index (κ2) is 4.78. The third-order valence-corrected chi connectivity index (χ3v) is 2.90. The van der Waals surface area contributed by atoms with Crippen LogP contribution in [0.25, 0.3) is 0 Å². The Balaban J connectivity index is 2.44. The maximum absolute atomic E-state index is 11.0. The summed E-state index contributed by atoms with van der Waals surface area (Å²) in [5.41, 5.74) is 2.02. The fraction of sp³-hybridized carbons (Fsp3) is 0.143. The van der Waals surface area contributed by atoms with Crippen LogP contribution in [0.1, 0.15) is 24.0 Å². The summed E-state index contributed by atoms with van der Waals surface area (Å²) in [5, 5.41) is 11.0. The van der Waals surface area contributed by atoms with Gasteiger partial charge in [-0.05, 0) is 5.56 Å². The number of nitrogens with zero attached hydrogens (tertiary/aromatic N) is 1. The first-order valence-electron chi connectivity index (χ1n) is 5.48. The fourth-order valence-electron chi connectivity index (χ4n) is 1.94. The van der Waals surface area contributed by atoms with E-state index in [4.69, 9.17) is 0 Å². The van der Waals surface area contributed by atoms with E-state index < -0.39 is 0 Å². The molecule has 2 aromatic carbocycles. The van der Waals surface area contributed by atoms with E-state index >= 15 is 0 Å². The molecule has 2 rings (SSSR count). The Bertz CT molecular complexity index is 523. The van der Waals surface area contributed by atoms with Crippen LogP contribution in [0.2, 0.25) is 0 Å². The predicted octanol–water partition coefficient (Wildman–Crippen LogP) is 3.75. The molecule has 2 aromatic rings. The van der Waals surface area contributed by atoms with Gasteiger partial charge in [-0.15, -0.1) is 0 Å². The molecule has 17 heavy (non-hydrogen) atoms. The standard InChI is InChI=1S/C14H13NO2/c1-11(12-7-3-2-4-8-12)13-9-5-6-10-14(13)15(16)17/h2-11H,1H3. The van der Waals surface area contributed by atoms with Gasteiger partial charge in [0.15, 0.2) is 0 Å². The van der Waals surface area contributed by atoms with Gasteiger partial charge in [-0.3, -0.25) is 10.1 Å². The number of hydrogen-bond acceptors (Lipinski definition) is 2. The molecular weight excluding hydrogens is 214 g/mol. The van der Waals surface area contributed by atoms with Gasteiger partial charge in [-0.1, -0.05) is 55.5 Å². The minimum absolute atomic E-state index is 0.0257. The van der Waals surface area contributed by atoms with Crippen molar-refractivity contribution in [2.75, 3.05) is 0 Å². The lowest BCUT2D eigenvalue weighted by molar-refractivity contribution is -0.385. The van der Waals surface area contributed by atoms with E-state index in [0.717, 1.165) is 11.1 Å². The predicted molar refractivity (Wildman–Crippen MR) is 67.1 cm³/mol. The van der Waals surface area contributed by atoms with Crippen molar-refractivity contribution in [3.63, 3.8) is 0 Å². The molecule has 1 unspecified atom stereocenters. The van der Waals surface area contributed by atoms with Crippen molar-refractivity contribution in [2.45, 2.75) is 12.8 Å². The Kier molecular flexibility index (Phi) is 3.19. The van der Waals surface area contributed by atoms with E-state index in [0.29, 0.717) is 0 Å². The van der Waals surface area contributed by atoms with Gasteiger partial charge in [0.25, 0.3) is 5.69 Å². The van der Waals surface area contributed by atoms with Gasteiger partial charge in [0.05, 0.1) is 4.92 Å². The minimum atomic E-state index is -0.325. The number of hydrogen-bond donors (Lipinski definition) is 0. The van der Waals surface area contributed by atoms with Gasteiger partial charge in [-0.25, -0.2) is 0 Å². The summed E-state index contributed by atoms with van der Waals surface area (Å²) in [4.78, 5) is 10.6. The molecule has 0 N–H and O–H groups in total. The Morgan fingerprint density at radius 1 is 1.00 bits per heavy atom. The van der Waals surface area contributed by atoms with E-state index in [1.165, 1.54) is 0 Å².